The second-order valence-corrected chi connectivity index (χ2v) is 4.40. The normalized spacial score (nSPS) is 27.9. The number of nitrogens with one attached hydrogen (secondary N) is 1. The van der Waals surface area contributed by atoms with E-state index in [0.717, 1.165) is 19.5 Å². The Balaban J connectivity index is 2.28. The smallest absolute Gasteiger partial charge is 0.0680 e. The Morgan fingerprint density at radius 1 is 1.43 bits per heavy atom. The number of hydrogen-bond acceptors (Lipinski definition) is 3. The van der Waals surface area contributed by atoms with E-state index >= 15 is 0 Å². The Morgan fingerprint density at radius 2 is 2.07 bits per heavy atom. The summed E-state index contributed by atoms with van der Waals surface area (Å²) >= 11 is 0. The molecule has 0 bridgehead atoms. The Kier molecular flexibility index (Phi) is 4.85. The fourth-order valence-corrected chi connectivity index (χ4v) is 2.35. The zero-order valence-electron chi connectivity index (χ0n) is 9.66. The van der Waals surface area contributed by atoms with E-state index in [4.69, 9.17) is 0 Å². The first-order valence-electron chi connectivity index (χ1n) is 5.79. The molecule has 2 atom stereocenters. The lowest BCUT2D eigenvalue weighted by molar-refractivity contribution is 0.180. The Bertz CT molecular complexity index is 159. The molecular formula is C11H24N2O. The molecule has 1 saturated heterocycles. The summed E-state index contributed by atoms with van der Waals surface area (Å²) < 4.78 is 0. The van der Waals surface area contributed by atoms with Gasteiger partial charge in [0.15, 0.2) is 0 Å². The predicted molar refractivity (Wildman–Crippen MR) is 59.4 cm³/mol. The van der Waals surface area contributed by atoms with Crippen LogP contribution in [0.1, 0.15) is 33.1 Å². The lowest BCUT2D eigenvalue weighted by Gasteiger charge is -2.28. The van der Waals surface area contributed by atoms with Crippen molar-refractivity contribution in [1.29, 1.82) is 0 Å². The highest BCUT2D eigenvalue weighted by molar-refractivity contribution is 4.84. The molecule has 0 aromatic carbocycles. The summed E-state index contributed by atoms with van der Waals surface area (Å²) in [7, 11) is 2.18. The second-order valence-electron chi connectivity index (χ2n) is 4.40. The van der Waals surface area contributed by atoms with Crippen LogP contribution in [0.5, 0.6) is 0 Å². The summed E-state index contributed by atoms with van der Waals surface area (Å²) in [6.45, 7) is 6.30. The van der Waals surface area contributed by atoms with Crippen molar-refractivity contribution in [2.75, 3.05) is 20.1 Å². The largest absolute Gasteiger partial charge is 0.392 e. The van der Waals surface area contributed by atoms with E-state index in [0.29, 0.717) is 12.1 Å². The first-order chi connectivity index (χ1) is 6.67. The van der Waals surface area contributed by atoms with Crippen LogP contribution in [0.15, 0.2) is 0 Å². The van der Waals surface area contributed by atoms with Crippen molar-refractivity contribution in [3.63, 3.8) is 0 Å². The van der Waals surface area contributed by atoms with Crippen molar-refractivity contribution in [1.82, 2.24) is 10.2 Å². The van der Waals surface area contributed by atoms with Crippen LogP contribution in [0.25, 0.3) is 0 Å². The van der Waals surface area contributed by atoms with Gasteiger partial charge in [0.1, 0.15) is 0 Å². The molecule has 1 aliphatic rings. The van der Waals surface area contributed by atoms with E-state index in [1.165, 1.54) is 12.8 Å². The topological polar surface area (TPSA) is 35.5 Å². The minimum atomic E-state index is -0.130. The van der Waals surface area contributed by atoms with E-state index < -0.39 is 0 Å². The van der Waals surface area contributed by atoms with Gasteiger partial charge in [-0.25, -0.2) is 0 Å². The molecular weight excluding hydrogens is 176 g/mol. The molecule has 1 heterocycles. The lowest BCUT2D eigenvalue weighted by Crippen LogP contribution is -2.40. The van der Waals surface area contributed by atoms with Crippen LogP contribution in [0, 0.1) is 0 Å². The molecule has 1 aliphatic heterocycles. The van der Waals surface area contributed by atoms with Crippen LogP contribution in [-0.2, 0) is 0 Å². The van der Waals surface area contributed by atoms with Crippen molar-refractivity contribution in [2.45, 2.75) is 51.3 Å². The molecule has 2 N–H and O–H groups in total. The maximum Gasteiger partial charge on any atom is 0.0680 e. The van der Waals surface area contributed by atoms with Gasteiger partial charge in [0.25, 0.3) is 0 Å². The Labute approximate surface area is 87.5 Å². The van der Waals surface area contributed by atoms with Gasteiger partial charge in [0.05, 0.1) is 6.10 Å². The van der Waals surface area contributed by atoms with Crippen LogP contribution in [0.4, 0.5) is 0 Å². The first-order valence-corrected chi connectivity index (χ1v) is 5.79. The monoisotopic (exact) mass is 200 g/mol. The fraction of sp³-hybridized carbons (Fsp3) is 1.00. The zero-order valence-corrected chi connectivity index (χ0v) is 9.66. The number of aliphatic hydroxyl groups is 1. The number of likely N-dealkylation sites (N-methyl/N-ethyl adjacent to an activating group) is 1. The molecule has 0 radical (unpaired) electrons. The van der Waals surface area contributed by atoms with E-state index in [9.17, 15) is 5.11 Å². The van der Waals surface area contributed by atoms with E-state index in [-0.39, 0.29) is 6.10 Å². The molecule has 0 aliphatic carbocycles. The van der Waals surface area contributed by atoms with Crippen molar-refractivity contribution in [3.05, 3.63) is 0 Å². The van der Waals surface area contributed by atoms with Crippen LogP contribution >= 0.6 is 0 Å². The maximum atomic E-state index is 9.38. The van der Waals surface area contributed by atoms with Gasteiger partial charge in [0, 0.05) is 25.2 Å². The number of nitrogens with zero attached hydrogens (tertiary/aromatic N) is 1. The quantitative estimate of drug-likeness (QED) is 0.690. The molecule has 0 aromatic rings. The molecule has 1 fully saturated rings. The molecule has 0 spiro atoms. The second kappa shape index (κ2) is 5.69. The van der Waals surface area contributed by atoms with Crippen molar-refractivity contribution >= 4 is 0 Å². The molecule has 0 aromatic heterocycles. The van der Waals surface area contributed by atoms with Crippen LogP contribution in [-0.4, -0.2) is 48.3 Å². The molecule has 3 heteroatoms. The maximum absolute atomic E-state index is 9.38. The van der Waals surface area contributed by atoms with Crippen LogP contribution < -0.4 is 5.32 Å². The molecule has 0 saturated carbocycles. The predicted octanol–water partition coefficient (Wildman–Crippen LogP) is 0.830. The Hall–Kier alpha value is -0.120. The molecule has 2 unspecified atom stereocenters. The number of aliphatic hydroxyl groups excluding tert-OH is 1. The van der Waals surface area contributed by atoms with Gasteiger partial charge in [-0.1, -0.05) is 13.8 Å². The number of β-amino-alcohol motifs (C(OH)–C–C–N with tert-alkyl or cyclic N) is 1. The van der Waals surface area contributed by atoms with E-state index in [1.54, 1.807) is 0 Å². The summed E-state index contributed by atoms with van der Waals surface area (Å²) in [4.78, 5) is 2.41. The fourth-order valence-electron chi connectivity index (χ4n) is 2.35. The number of hydrogen-bond donors (Lipinski definition) is 2. The molecule has 84 valence electrons. The highest BCUT2D eigenvalue weighted by Gasteiger charge is 2.24. The third-order valence-electron chi connectivity index (χ3n) is 3.27. The third kappa shape index (κ3) is 3.23. The molecule has 0 amide bonds. The molecule has 3 nitrogen and oxygen atoms in total. The first kappa shape index (κ1) is 12.0. The SMILES string of the molecule is CCC(CC)N(C)CC1CC(O)CN1. The summed E-state index contributed by atoms with van der Waals surface area (Å²) in [6, 6.07) is 1.17. The van der Waals surface area contributed by atoms with Crippen LogP contribution in [0.2, 0.25) is 0 Å². The van der Waals surface area contributed by atoms with Crippen LogP contribution in [0.3, 0.4) is 0 Å². The van der Waals surface area contributed by atoms with Gasteiger partial charge >= 0.3 is 0 Å². The highest BCUT2D eigenvalue weighted by atomic mass is 16.3. The Morgan fingerprint density at radius 3 is 2.50 bits per heavy atom. The van der Waals surface area contributed by atoms with Gasteiger partial charge in [-0.05, 0) is 26.3 Å². The zero-order chi connectivity index (χ0) is 10.6. The van der Waals surface area contributed by atoms with Gasteiger partial charge in [0.2, 0.25) is 0 Å². The summed E-state index contributed by atoms with van der Waals surface area (Å²) in [6.07, 6.45) is 3.20. The third-order valence-corrected chi connectivity index (χ3v) is 3.27. The minimum Gasteiger partial charge on any atom is -0.392 e. The van der Waals surface area contributed by atoms with Gasteiger partial charge in [-0.15, -0.1) is 0 Å². The van der Waals surface area contributed by atoms with Crippen molar-refractivity contribution in [2.24, 2.45) is 0 Å². The highest BCUT2D eigenvalue weighted by Crippen LogP contribution is 2.11. The average molecular weight is 200 g/mol. The summed E-state index contributed by atoms with van der Waals surface area (Å²) in [5, 5.41) is 12.7. The average Bonchev–Trinajstić information content (AvgIpc) is 2.53. The number of rotatable bonds is 5. The summed E-state index contributed by atoms with van der Waals surface area (Å²) in [5.41, 5.74) is 0. The molecule has 14 heavy (non-hydrogen) atoms. The van der Waals surface area contributed by atoms with Gasteiger partial charge < -0.3 is 15.3 Å². The van der Waals surface area contributed by atoms with E-state index in [1.807, 2.05) is 0 Å². The van der Waals surface area contributed by atoms with Gasteiger partial charge in [-0.3, -0.25) is 0 Å². The lowest BCUT2D eigenvalue weighted by atomic mass is 10.1. The van der Waals surface area contributed by atoms with Crippen molar-refractivity contribution < 1.29 is 5.11 Å². The van der Waals surface area contributed by atoms with Crippen molar-refractivity contribution in [3.8, 4) is 0 Å². The summed E-state index contributed by atoms with van der Waals surface area (Å²) in [5.74, 6) is 0. The minimum absolute atomic E-state index is 0.130. The standard InChI is InChI=1S/C11H24N2O/c1-4-10(5-2)13(3)8-9-6-11(14)7-12-9/h9-12,14H,4-8H2,1-3H3. The molecule has 1 rings (SSSR count). The van der Waals surface area contributed by atoms with E-state index in [2.05, 4.69) is 31.1 Å². The van der Waals surface area contributed by atoms with Gasteiger partial charge in [-0.2, -0.15) is 0 Å².